The molecule has 1 aromatic heterocycles. The lowest BCUT2D eigenvalue weighted by atomic mass is 9.83. The van der Waals surface area contributed by atoms with E-state index in [2.05, 4.69) is 121 Å². The zero-order valence-corrected chi connectivity index (χ0v) is 22.1. The van der Waals surface area contributed by atoms with E-state index >= 15 is 0 Å². The lowest BCUT2D eigenvalue weighted by Crippen LogP contribution is -2.17. The molecule has 0 radical (unpaired) electrons. The Bertz CT molecular complexity index is 2210. The molecule has 7 aromatic rings. The summed E-state index contributed by atoms with van der Waals surface area (Å²) in [6, 6.07) is 35.3. The summed E-state index contributed by atoms with van der Waals surface area (Å²) in [6.07, 6.45) is 8.83. The van der Waals surface area contributed by atoms with Crippen molar-refractivity contribution >= 4 is 48.8 Å². The van der Waals surface area contributed by atoms with Crippen LogP contribution in [0, 0.1) is 6.92 Å². The first-order chi connectivity index (χ1) is 19.7. The molecule has 1 aliphatic heterocycles. The van der Waals surface area contributed by atoms with Gasteiger partial charge >= 0.3 is 0 Å². The SMILES string of the molecule is Cc1ccc2ccc3c(C4=CC5c6cc(-c7ccnc8ccccc78)ccc6OC5C=C4)ccc4ccc1c2c43. The van der Waals surface area contributed by atoms with Crippen LogP contribution in [0.4, 0.5) is 0 Å². The van der Waals surface area contributed by atoms with Crippen molar-refractivity contribution in [3.05, 3.63) is 138 Å². The predicted octanol–water partition coefficient (Wildman–Crippen LogP) is 9.61. The molecular weight excluding hydrogens is 486 g/mol. The molecule has 9 rings (SSSR count). The quantitative estimate of drug-likeness (QED) is 0.216. The Kier molecular flexibility index (Phi) is 4.40. The van der Waals surface area contributed by atoms with Crippen LogP contribution >= 0.6 is 0 Å². The molecule has 1 aliphatic carbocycles. The van der Waals surface area contributed by atoms with Crippen LogP contribution in [-0.2, 0) is 0 Å². The van der Waals surface area contributed by atoms with Crippen LogP contribution in [-0.4, -0.2) is 11.1 Å². The fourth-order valence-corrected chi connectivity index (χ4v) is 7.00. The van der Waals surface area contributed by atoms with E-state index in [0.717, 1.165) is 11.3 Å². The highest BCUT2D eigenvalue weighted by Gasteiger charge is 2.34. The molecule has 2 heterocycles. The highest BCUT2D eigenvalue weighted by atomic mass is 16.5. The van der Waals surface area contributed by atoms with Crippen LogP contribution in [0.1, 0.15) is 22.6 Å². The summed E-state index contributed by atoms with van der Waals surface area (Å²) in [5.41, 5.74) is 8.53. The number of para-hydroxylation sites is 1. The molecule has 0 spiro atoms. The molecule has 2 atom stereocenters. The van der Waals surface area contributed by atoms with Crippen LogP contribution < -0.4 is 4.74 Å². The van der Waals surface area contributed by atoms with Crippen molar-refractivity contribution in [3.8, 4) is 16.9 Å². The van der Waals surface area contributed by atoms with E-state index in [1.165, 1.54) is 71.1 Å². The molecule has 2 unspecified atom stereocenters. The highest BCUT2D eigenvalue weighted by Crippen LogP contribution is 2.47. The van der Waals surface area contributed by atoms with Crippen molar-refractivity contribution in [2.45, 2.75) is 18.9 Å². The van der Waals surface area contributed by atoms with Crippen molar-refractivity contribution in [3.63, 3.8) is 0 Å². The van der Waals surface area contributed by atoms with Crippen LogP contribution in [0.2, 0.25) is 0 Å². The zero-order chi connectivity index (χ0) is 26.4. The van der Waals surface area contributed by atoms with Gasteiger partial charge in [-0.15, -0.1) is 0 Å². The summed E-state index contributed by atoms with van der Waals surface area (Å²) in [5.74, 6) is 1.15. The van der Waals surface area contributed by atoms with Gasteiger partial charge in [0, 0.05) is 23.1 Å². The minimum absolute atomic E-state index is 0.0191. The molecule has 40 heavy (non-hydrogen) atoms. The van der Waals surface area contributed by atoms with Gasteiger partial charge in [0.25, 0.3) is 0 Å². The molecule has 0 saturated carbocycles. The second-order valence-corrected chi connectivity index (χ2v) is 11.1. The molecule has 188 valence electrons. The first-order valence-corrected chi connectivity index (χ1v) is 14.0. The maximum atomic E-state index is 6.42. The van der Waals surface area contributed by atoms with Gasteiger partial charge in [-0.25, -0.2) is 0 Å². The Balaban J connectivity index is 1.20. The van der Waals surface area contributed by atoms with Crippen LogP contribution in [0.3, 0.4) is 0 Å². The fourth-order valence-electron chi connectivity index (χ4n) is 7.00. The number of allylic oxidation sites excluding steroid dienone is 2. The second kappa shape index (κ2) is 8.03. The summed E-state index contributed by atoms with van der Waals surface area (Å²) >= 11 is 0. The molecule has 0 bridgehead atoms. The molecule has 0 saturated heterocycles. The number of fused-ring (bicyclic) bond motifs is 4. The zero-order valence-electron chi connectivity index (χ0n) is 22.1. The van der Waals surface area contributed by atoms with Crippen molar-refractivity contribution in [2.24, 2.45) is 0 Å². The van der Waals surface area contributed by atoms with Gasteiger partial charge in [-0.2, -0.15) is 0 Å². The van der Waals surface area contributed by atoms with E-state index in [-0.39, 0.29) is 12.0 Å². The molecule has 6 aromatic carbocycles. The number of hydrogen-bond donors (Lipinski definition) is 0. The first kappa shape index (κ1) is 21.9. The summed E-state index contributed by atoms with van der Waals surface area (Å²) in [7, 11) is 0. The normalized spacial score (nSPS) is 17.9. The van der Waals surface area contributed by atoms with Gasteiger partial charge < -0.3 is 4.74 Å². The number of ether oxygens (including phenoxy) is 1. The van der Waals surface area contributed by atoms with Gasteiger partial charge in [0.15, 0.2) is 0 Å². The van der Waals surface area contributed by atoms with Crippen molar-refractivity contribution in [1.82, 2.24) is 4.98 Å². The molecular formula is C38H25NO. The summed E-state index contributed by atoms with van der Waals surface area (Å²) in [5, 5.41) is 9.16. The average Bonchev–Trinajstić information content (AvgIpc) is 3.37. The topological polar surface area (TPSA) is 22.1 Å². The lowest BCUT2D eigenvalue weighted by Gasteiger charge is -2.21. The second-order valence-electron chi connectivity index (χ2n) is 11.1. The van der Waals surface area contributed by atoms with E-state index in [1.54, 1.807) is 0 Å². The Labute approximate surface area is 232 Å². The van der Waals surface area contributed by atoms with E-state index in [0.29, 0.717) is 0 Å². The van der Waals surface area contributed by atoms with E-state index < -0.39 is 0 Å². The summed E-state index contributed by atoms with van der Waals surface area (Å²) in [6.45, 7) is 2.21. The predicted molar refractivity (Wildman–Crippen MR) is 166 cm³/mol. The number of nitrogens with zero attached hydrogens (tertiary/aromatic N) is 1. The molecule has 2 nitrogen and oxygen atoms in total. The maximum absolute atomic E-state index is 6.42. The molecule has 2 aliphatic rings. The Morgan fingerprint density at radius 3 is 2.42 bits per heavy atom. The minimum Gasteiger partial charge on any atom is -0.485 e. The number of aromatic nitrogens is 1. The fraction of sp³-hybridized carbons (Fsp3) is 0.0789. The van der Waals surface area contributed by atoms with Gasteiger partial charge in [0.2, 0.25) is 0 Å². The van der Waals surface area contributed by atoms with Gasteiger partial charge in [0.05, 0.1) is 5.52 Å². The van der Waals surface area contributed by atoms with Crippen LogP contribution in [0.25, 0.3) is 59.9 Å². The number of hydrogen-bond acceptors (Lipinski definition) is 2. The largest absolute Gasteiger partial charge is 0.485 e. The molecule has 2 heteroatoms. The van der Waals surface area contributed by atoms with E-state index in [1.807, 2.05) is 12.3 Å². The standard InChI is InChI=1S/C38H25NO/c1-22-6-7-23-10-15-31-28(14-9-24-8-13-27(22)37(23)38(24)31)25-11-16-35-32(20-25)33-21-26(12-17-36(33)40-35)29-18-19-39-34-5-3-2-4-30(29)34/h2-21,32,35H,1H3. The van der Waals surface area contributed by atoms with Gasteiger partial charge in [0.1, 0.15) is 11.9 Å². The molecule has 0 fully saturated rings. The number of aryl methyl sites for hydroxylation is 1. The Morgan fingerprint density at radius 1 is 0.700 bits per heavy atom. The lowest BCUT2D eigenvalue weighted by molar-refractivity contribution is 0.269. The number of pyridine rings is 1. The summed E-state index contributed by atoms with van der Waals surface area (Å²) in [4.78, 5) is 4.57. The van der Waals surface area contributed by atoms with Crippen LogP contribution in [0.15, 0.2) is 121 Å². The van der Waals surface area contributed by atoms with E-state index in [9.17, 15) is 0 Å². The van der Waals surface area contributed by atoms with Gasteiger partial charge in [-0.1, -0.05) is 84.9 Å². The van der Waals surface area contributed by atoms with E-state index in [4.69, 9.17) is 4.74 Å². The number of rotatable bonds is 2. The third-order valence-corrected chi connectivity index (χ3v) is 8.96. The third-order valence-electron chi connectivity index (χ3n) is 8.96. The smallest absolute Gasteiger partial charge is 0.128 e. The highest BCUT2D eigenvalue weighted by molar-refractivity contribution is 6.25. The number of benzene rings is 6. The van der Waals surface area contributed by atoms with Crippen molar-refractivity contribution < 1.29 is 4.74 Å². The van der Waals surface area contributed by atoms with Crippen molar-refractivity contribution in [2.75, 3.05) is 0 Å². The summed E-state index contributed by atoms with van der Waals surface area (Å²) < 4.78 is 6.42. The maximum Gasteiger partial charge on any atom is 0.128 e. The van der Waals surface area contributed by atoms with Gasteiger partial charge in [-0.05, 0) is 97.4 Å². The Morgan fingerprint density at radius 2 is 1.50 bits per heavy atom. The molecule has 0 amide bonds. The van der Waals surface area contributed by atoms with Gasteiger partial charge in [-0.3, -0.25) is 4.98 Å². The minimum atomic E-state index is 0.0191. The first-order valence-electron chi connectivity index (χ1n) is 14.0. The van der Waals surface area contributed by atoms with Crippen molar-refractivity contribution in [1.29, 1.82) is 0 Å². The Hall–Kier alpha value is -4.95. The average molecular weight is 512 g/mol. The molecule has 0 N–H and O–H groups in total. The van der Waals surface area contributed by atoms with Crippen LogP contribution in [0.5, 0.6) is 5.75 Å². The third kappa shape index (κ3) is 3.02. The monoisotopic (exact) mass is 511 g/mol.